The van der Waals surface area contributed by atoms with Crippen LogP contribution in [0.2, 0.25) is 0 Å². The molecule has 0 fully saturated rings. The monoisotopic (exact) mass is 573 g/mol. The molecule has 0 bridgehead atoms. The second-order valence-electron chi connectivity index (χ2n) is 9.56. The van der Waals surface area contributed by atoms with Gasteiger partial charge in [-0.3, -0.25) is 9.78 Å². The molecule has 0 aliphatic heterocycles. The largest absolute Gasteiger partial charge is 0.418 e. The lowest BCUT2D eigenvalue weighted by atomic mass is 9.82. The molecule has 5 aromatic heterocycles. The molecule has 16 heteroatoms. The predicted octanol–water partition coefficient (Wildman–Crippen LogP) is 4.76. The number of alkyl halides is 5. The van der Waals surface area contributed by atoms with Crippen LogP contribution in [-0.2, 0) is 16.4 Å². The van der Waals surface area contributed by atoms with Crippen LogP contribution in [0.3, 0.4) is 0 Å². The van der Waals surface area contributed by atoms with E-state index >= 15 is 0 Å². The van der Waals surface area contributed by atoms with Crippen molar-refractivity contribution in [3.8, 4) is 11.4 Å². The minimum absolute atomic E-state index is 0.0477. The molecule has 1 N–H and O–H groups in total. The van der Waals surface area contributed by atoms with E-state index in [4.69, 9.17) is 0 Å². The van der Waals surface area contributed by atoms with Crippen LogP contribution >= 0.6 is 0 Å². The Balaban J connectivity index is 1.40. The molecule has 5 heterocycles. The quantitative estimate of drug-likeness (QED) is 0.302. The van der Waals surface area contributed by atoms with Crippen molar-refractivity contribution < 1.29 is 31.1 Å². The first-order valence-electron chi connectivity index (χ1n) is 12.0. The van der Waals surface area contributed by atoms with Crippen molar-refractivity contribution in [2.24, 2.45) is 0 Å². The van der Waals surface area contributed by atoms with Crippen LogP contribution in [0.15, 0.2) is 55.1 Å². The SMILES string of the molecule is C[C@@]1(c2ccn(C(F)F)n2)C[C@H](C(=O)Nc2cnc(-c3cccnn3)c(C(F)(F)F)c2)c2cnc3cc(F)nn3c21. The maximum Gasteiger partial charge on any atom is 0.418 e. The summed E-state index contributed by atoms with van der Waals surface area (Å²) in [6, 6.07) is 5.89. The predicted molar refractivity (Wildman–Crippen MR) is 129 cm³/mol. The lowest BCUT2D eigenvalue weighted by Crippen LogP contribution is -2.26. The van der Waals surface area contributed by atoms with Crippen LogP contribution < -0.4 is 5.32 Å². The van der Waals surface area contributed by atoms with Crippen molar-refractivity contribution >= 4 is 17.2 Å². The van der Waals surface area contributed by atoms with Crippen LogP contribution in [0.5, 0.6) is 0 Å². The van der Waals surface area contributed by atoms with Gasteiger partial charge in [0.05, 0.1) is 40.2 Å². The highest BCUT2D eigenvalue weighted by molar-refractivity contribution is 5.97. The molecule has 6 rings (SSSR count). The maximum absolute atomic E-state index is 14.1. The molecule has 1 amide bonds. The van der Waals surface area contributed by atoms with E-state index in [1.54, 1.807) is 6.92 Å². The lowest BCUT2D eigenvalue weighted by molar-refractivity contribution is -0.137. The van der Waals surface area contributed by atoms with Crippen molar-refractivity contribution in [3.63, 3.8) is 0 Å². The number of pyridine rings is 1. The molecule has 0 spiro atoms. The third-order valence-electron chi connectivity index (χ3n) is 6.96. The van der Waals surface area contributed by atoms with Gasteiger partial charge < -0.3 is 5.32 Å². The number of hydrogen-bond acceptors (Lipinski definition) is 7. The Morgan fingerprint density at radius 1 is 1.15 bits per heavy atom. The molecule has 5 aromatic rings. The van der Waals surface area contributed by atoms with Crippen molar-refractivity contribution in [2.75, 3.05) is 5.32 Å². The third kappa shape index (κ3) is 4.44. The molecule has 0 saturated carbocycles. The van der Waals surface area contributed by atoms with E-state index in [1.807, 2.05) is 0 Å². The number of carbonyl (C=O) groups is 1. The highest BCUT2D eigenvalue weighted by atomic mass is 19.4. The lowest BCUT2D eigenvalue weighted by Gasteiger charge is -2.23. The standard InChI is InChI=1S/C25H17F6N9O/c1-24(17-4-6-39(37-17)23(27)28)9-13(14-11-32-19-8-18(26)38-40(19)21(14)24)22(41)35-12-7-15(25(29,30)31)20(33-10-12)16-3-2-5-34-36-16/h2-8,10-11,13,23H,9H2,1H3,(H,35,41)/t13-,24-/m0/s1. The number of nitrogens with one attached hydrogen (secondary N) is 1. The second-order valence-corrected chi connectivity index (χ2v) is 9.56. The van der Waals surface area contributed by atoms with Gasteiger partial charge in [-0.1, -0.05) is 0 Å². The summed E-state index contributed by atoms with van der Waals surface area (Å²) in [7, 11) is 0. The smallest absolute Gasteiger partial charge is 0.324 e. The number of carbonyl (C=O) groups excluding carboxylic acids is 1. The number of rotatable bonds is 5. The summed E-state index contributed by atoms with van der Waals surface area (Å²) in [4.78, 5) is 21.6. The fraction of sp³-hybridized carbons (Fsp3) is 0.240. The zero-order valence-electron chi connectivity index (χ0n) is 20.8. The average Bonchev–Trinajstić information content (AvgIpc) is 3.64. The Bertz CT molecular complexity index is 1790. The highest BCUT2D eigenvalue weighted by Crippen LogP contribution is 2.49. The number of nitrogens with zero attached hydrogens (tertiary/aromatic N) is 8. The van der Waals surface area contributed by atoms with Gasteiger partial charge in [0.15, 0.2) is 5.65 Å². The first kappa shape index (κ1) is 26.3. The molecule has 0 saturated heterocycles. The number of aromatic nitrogens is 8. The molecule has 10 nitrogen and oxygen atoms in total. The Labute approximate surface area is 226 Å². The van der Waals surface area contributed by atoms with Gasteiger partial charge in [-0.15, -0.1) is 10.2 Å². The molecular formula is C25H17F6N9O. The number of anilines is 1. The van der Waals surface area contributed by atoms with Crippen molar-refractivity contribution in [1.29, 1.82) is 0 Å². The fourth-order valence-corrected chi connectivity index (χ4v) is 5.15. The molecule has 2 atom stereocenters. The summed E-state index contributed by atoms with van der Waals surface area (Å²) < 4.78 is 84.2. The molecular weight excluding hydrogens is 556 g/mol. The molecule has 1 aliphatic rings. The molecule has 0 unspecified atom stereocenters. The van der Waals surface area contributed by atoms with Gasteiger partial charge in [0.25, 0.3) is 0 Å². The first-order valence-corrected chi connectivity index (χ1v) is 12.0. The first-order chi connectivity index (χ1) is 19.5. The summed E-state index contributed by atoms with van der Waals surface area (Å²) in [5.74, 6) is -2.61. The molecule has 210 valence electrons. The Kier molecular flexibility index (Phi) is 6.00. The topological polar surface area (TPSA) is 116 Å². The van der Waals surface area contributed by atoms with Crippen LogP contribution in [0, 0.1) is 5.95 Å². The normalized spacial score (nSPS) is 18.7. The van der Waals surface area contributed by atoms with Crippen molar-refractivity contribution in [3.05, 3.63) is 83.6 Å². The van der Waals surface area contributed by atoms with Gasteiger partial charge in [-0.05, 0) is 37.6 Å². The summed E-state index contributed by atoms with van der Waals surface area (Å²) in [6.07, 6.45) is -0.112. The average molecular weight is 573 g/mol. The maximum atomic E-state index is 14.1. The van der Waals surface area contributed by atoms with E-state index < -0.39 is 47.2 Å². The number of amides is 1. The number of hydrogen-bond donors (Lipinski definition) is 1. The van der Waals surface area contributed by atoms with E-state index in [-0.39, 0.29) is 40.4 Å². The minimum Gasteiger partial charge on any atom is -0.324 e. The van der Waals surface area contributed by atoms with Gasteiger partial charge in [0.1, 0.15) is 11.4 Å². The van der Waals surface area contributed by atoms with Gasteiger partial charge in [0.2, 0.25) is 11.9 Å². The summed E-state index contributed by atoms with van der Waals surface area (Å²) in [6.45, 7) is -1.29. The van der Waals surface area contributed by atoms with E-state index in [1.165, 1.54) is 35.1 Å². The van der Waals surface area contributed by atoms with E-state index in [9.17, 15) is 31.1 Å². The van der Waals surface area contributed by atoms with Crippen LogP contribution in [-0.4, -0.2) is 45.5 Å². The number of fused-ring (bicyclic) bond motifs is 3. The van der Waals surface area contributed by atoms with Gasteiger partial charge in [-0.2, -0.15) is 36.5 Å². The Morgan fingerprint density at radius 3 is 2.63 bits per heavy atom. The molecule has 0 radical (unpaired) electrons. The molecule has 41 heavy (non-hydrogen) atoms. The van der Waals surface area contributed by atoms with Gasteiger partial charge in [0, 0.05) is 30.2 Å². The van der Waals surface area contributed by atoms with E-state index in [0.717, 1.165) is 24.5 Å². The van der Waals surface area contributed by atoms with Crippen LogP contribution in [0.25, 0.3) is 17.0 Å². The number of halogens is 6. The summed E-state index contributed by atoms with van der Waals surface area (Å²) in [5.41, 5.74) is -2.33. The van der Waals surface area contributed by atoms with Crippen LogP contribution in [0.4, 0.5) is 32.0 Å². The van der Waals surface area contributed by atoms with Crippen LogP contribution in [0.1, 0.15) is 48.3 Å². The minimum atomic E-state index is -4.83. The van der Waals surface area contributed by atoms with E-state index in [0.29, 0.717) is 4.68 Å². The van der Waals surface area contributed by atoms with Gasteiger partial charge >= 0.3 is 12.7 Å². The zero-order chi connectivity index (χ0) is 29.1. The summed E-state index contributed by atoms with van der Waals surface area (Å²) in [5, 5.41) is 17.5. The van der Waals surface area contributed by atoms with Gasteiger partial charge in [-0.25, -0.2) is 14.2 Å². The van der Waals surface area contributed by atoms with Crippen molar-refractivity contribution in [1.82, 2.24) is 39.6 Å². The second kappa shape index (κ2) is 9.35. The summed E-state index contributed by atoms with van der Waals surface area (Å²) >= 11 is 0. The third-order valence-corrected chi connectivity index (χ3v) is 6.96. The highest BCUT2D eigenvalue weighted by Gasteiger charge is 2.49. The Morgan fingerprint density at radius 2 is 1.95 bits per heavy atom. The molecule has 1 aliphatic carbocycles. The fourth-order valence-electron chi connectivity index (χ4n) is 5.15. The zero-order valence-corrected chi connectivity index (χ0v) is 20.8. The Hall–Kier alpha value is -4.89. The molecule has 0 aromatic carbocycles. The van der Waals surface area contributed by atoms with Crippen molar-refractivity contribution in [2.45, 2.75) is 37.4 Å². The van der Waals surface area contributed by atoms with E-state index in [2.05, 4.69) is 35.7 Å².